The first-order chi connectivity index (χ1) is 8.86. The van der Waals surface area contributed by atoms with E-state index in [0.717, 1.165) is 5.56 Å². The van der Waals surface area contributed by atoms with Gasteiger partial charge >= 0.3 is 5.97 Å². The Hall–Kier alpha value is -1.42. The lowest BCUT2D eigenvalue weighted by molar-refractivity contribution is -0.141. The first-order valence-corrected chi connectivity index (χ1v) is 6.56. The molecule has 1 aromatic carbocycles. The zero-order valence-corrected chi connectivity index (χ0v) is 11.7. The van der Waals surface area contributed by atoms with Crippen molar-refractivity contribution in [2.24, 2.45) is 5.92 Å². The molecule has 0 aromatic heterocycles. The Bertz CT molecular complexity index is 432. The predicted molar refractivity (Wildman–Crippen MR) is 73.7 cm³/mol. The third kappa shape index (κ3) is 4.63. The highest BCUT2D eigenvalue weighted by Crippen LogP contribution is 2.22. The molecule has 1 aromatic rings. The summed E-state index contributed by atoms with van der Waals surface area (Å²) in [6.07, 6.45) is 0.600. The van der Waals surface area contributed by atoms with Crippen LogP contribution in [0, 0.1) is 11.7 Å². The monoisotopic (exact) mass is 267 g/mol. The maximum Gasteiger partial charge on any atom is 0.307 e. The molecule has 2 N–H and O–H groups in total. The van der Waals surface area contributed by atoms with Gasteiger partial charge in [0, 0.05) is 18.5 Å². The molecule has 0 saturated heterocycles. The largest absolute Gasteiger partial charge is 0.481 e. The van der Waals surface area contributed by atoms with Crippen molar-refractivity contribution in [3.05, 3.63) is 35.6 Å². The summed E-state index contributed by atoms with van der Waals surface area (Å²) in [4.78, 5) is 10.9. The van der Waals surface area contributed by atoms with Gasteiger partial charge in [0.15, 0.2) is 0 Å². The first-order valence-electron chi connectivity index (χ1n) is 6.56. The van der Waals surface area contributed by atoms with Crippen LogP contribution in [0.25, 0.3) is 0 Å². The highest BCUT2D eigenvalue weighted by Gasteiger charge is 2.22. The molecule has 1 atom stereocenters. The molecule has 3 nitrogen and oxygen atoms in total. The minimum atomic E-state index is -0.779. The number of nitrogens with one attached hydrogen (secondary N) is 1. The van der Waals surface area contributed by atoms with E-state index < -0.39 is 5.97 Å². The number of carboxylic acids is 1. The fraction of sp³-hybridized carbons (Fsp3) is 0.533. The predicted octanol–water partition coefficient (Wildman–Crippen LogP) is 2.80. The summed E-state index contributed by atoms with van der Waals surface area (Å²) in [5, 5.41) is 12.1. The number of carbonyl (C=O) groups is 1. The molecule has 1 unspecified atom stereocenters. The first kappa shape index (κ1) is 15.6. The second kappa shape index (κ2) is 6.66. The van der Waals surface area contributed by atoms with Crippen molar-refractivity contribution >= 4 is 5.97 Å². The van der Waals surface area contributed by atoms with Crippen LogP contribution in [0.15, 0.2) is 24.3 Å². The Kier molecular flexibility index (Phi) is 5.48. The molecule has 0 bridgehead atoms. The van der Waals surface area contributed by atoms with E-state index in [-0.39, 0.29) is 17.2 Å². The van der Waals surface area contributed by atoms with Crippen molar-refractivity contribution in [1.82, 2.24) is 5.32 Å². The molecule has 0 fully saturated rings. The van der Waals surface area contributed by atoms with Crippen LogP contribution < -0.4 is 5.32 Å². The van der Waals surface area contributed by atoms with Gasteiger partial charge in [0.05, 0.1) is 5.92 Å². The second-order valence-corrected chi connectivity index (χ2v) is 5.47. The molecule has 0 radical (unpaired) electrons. The smallest absolute Gasteiger partial charge is 0.307 e. The normalized spacial score (nSPS) is 13.3. The van der Waals surface area contributed by atoms with Crippen LogP contribution in [0.1, 0.15) is 32.8 Å². The zero-order valence-electron chi connectivity index (χ0n) is 11.7. The Morgan fingerprint density at radius 2 is 2.16 bits per heavy atom. The molecule has 19 heavy (non-hydrogen) atoms. The third-order valence-electron chi connectivity index (χ3n) is 3.41. The van der Waals surface area contributed by atoms with Crippen LogP contribution in [0.2, 0.25) is 0 Å². The summed E-state index contributed by atoms with van der Waals surface area (Å²) in [5.74, 6) is -1.40. The molecule has 0 aliphatic heterocycles. The van der Waals surface area contributed by atoms with E-state index in [1.807, 2.05) is 26.8 Å². The molecular formula is C15H22FNO2. The number of aliphatic carboxylic acids is 1. The van der Waals surface area contributed by atoms with Gasteiger partial charge in [-0.25, -0.2) is 4.39 Å². The molecule has 0 amide bonds. The van der Waals surface area contributed by atoms with E-state index in [0.29, 0.717) is 19.5 Å². The lowest BCUT2D eigenvalue weighted by atomic mass is 9.84. The molecular weight excluding hydrogens is 245 g/mol. The lowest BCUT2D eigenvalue weighted by Crippen LogP contribution is -2.37. The van der Waals surface area contributed by atoms with Crippen molar-refractivity contribution in [2.75, 3.05) is 13.1 Å². The van der Waals surface area contributed by atoms with E-state index >= 15 is 0 Å². The van der Waals surface area contributed by atoms with Crippen LogP contribution in [-0.2, 0) is 10.2 Å². The Morgan fingerprint density at radius 1 is 1.47 bits per heavy atom. The summed E-state index contributed by atoms with van der Waals surface area (Å²) in [7, 11) is 0. The minimum Gasteiger partial charge on any atom is -0.481 e. The molecule has 0 aliphatic carbocycles. The molecule has 1 rings (SSSR count). The SMILES string of the molecule is CCC(CNCC(C)(C)c1cccc(F)c1)C(=O)O. The summed E-state index contributed by atoms with van der Waals surface area (Å²) in [6, 6.07) is 6.53. The number of halogens is 1. The van der Waals surface area contributed by atoms with Crippen LogP contribution in [0.5, 0.6) is 0 Å². The van der Waals surface area contributed by atoms with E-state index in [2.05, 4.69) is 5.32 Å². The molecule has 4 heteroatoms. The van der Waals surface area contributed by atoms with Gasteiger partial charge in [-0.2, -0.15) is 0 Å². The minimum absolute atomic E-state index is 0.237. The Balaban J connectivity index is 2.58. The van der Waals surface area contributed by atoms with Gasteiger partial charge in [-0.05, 0) is 24.1 Å². The average molecular weight is 267 g/mol. The molecule has 0 aliphatic rings. The number of hydrogen-bond donors (Lipinski definition) is 2. The molecule has 0 saturated carbocycles. The van der Waals surface area contributed by atoms with E-state index in [9.17, 15) is 9.18 Å². The van der Waals surface area contributed by atoms with Crippen LogP contribution >= 0.6 is 0 Å². The highest BCUT2D eigenvalue weighted by atomic mass is 19.1. The van der Waals surface area contributed by atoms with Crippen molar-refractivity contribution in [3.8, 4) is 0 Å². The van der Waals surface area contributed by atoms with E-state index in [4.69, 9.17) is 5.11 Å². The average Bonchev–Trinajstić information content (AvgIpc) is 2.34. The van der Waals surface area contributed by atoms with Crippen LogP contribution in [0.3, 0.4) is 0 Å². The van der Waals surface area contributed by atoms with Crippen molar-refractivity contribution < 1.29 is 14.3 Å². The van der Waals surface area contributed by atoms with Gasteiger partial charge < -0.3 is 10.4 Å². The summed E-state index contributed by atoms with van der Waals surface area (Å²) < 4.78 is 13.2. The fourth-order valence-corrected chi connectivity index (χ4v) is 1.98. The molecule has 0 heterocycles. The van der Waals surface area contributed by atoms with E-state index in [1.165, 1.54) is 12.1 Å². The maximum absolute atomic E-state index is 13.2. The Labute approximate surface area is 113 Å². The quantitative estimate of drug-likeness (QED) is 0.798. The van der Waals surface area contributed by atoms with Crippen LogP contribution in [0.4, 0.5) is 4.39 Å². The van der Waals surface area contributed by atoms with Gasteiger partial charge in [0.25, 0.3) is 0 Å². The number of carboxylic acid groups (broad SMARTS) is 1. The topological polar surface area (TPSA) is 49.3 Å². The summed E-state index contributed by atoms with van der Waals surface area (Å²) in [6.45, 7) is 6.93. The summed E-state index contributed by atoms with van der Waals surface area (Å²) in [5.41, 5.74) is 0.669. The van der Waals surface area contributed by atoms with E-state index in [1.54, 1.807) is 6.07 Å². The summed E-state index contributed by atoms with van der Waals surface area (Å²) >= 11 is 0. The van der Waals surface area contributed by atoms with Crippen LogP contribution in [-0.4, -0.2) is 24.2 Å². The number of hydrogen-bond acceptors (Lipinski definition) is 2. The number of rotatable bonds is 7. The standard InChI is InChI=1S/C15H22FNO2/c1-4-11(14(18)19)9-17-10-15(2,3)12-6-5-7-13(16)8-12/h5-8,11,17H,4,9-10H2,1-3H3,(H,18,19). The van der Waals surface area contributed by atoms with Crippen molar-refractivity contribution in [2.45, 2.75) is 32.6 Å². The van der Waals surface area contributed by atoms with Crippen molar-refractivity contribution in [1.29, 1.82) is 0 Å². The van der Waals surface area contributed by atoms with Gasteiger partial charge in [0.2, 0.25) is 0 Å². The second-order valence-electron chi connectivity index (χ2n) is 5.47. The van der Waals surface area contributed by atoms with Gasteiger partial charge in [0.1, 0.15) is 5.82 Å². The fourth-order valence-electron chi connectivity index (χ4n) is 1.98. The zero-order chi connectivity index (χ0) is 14.5. The maximum atomic E-state index is 13.2. The highest BCUT2D eigenvalue weighted by molar-refractivity contribution is 5.70. The molecule has 106 valence electrons. The third-order valence-corrected chi connectivity index (χ3v) is 3.41. The molecule has 0 spiro atoms. The van der Waals surface area contributed by atoms with Gasteiger partial charge in [-0.3, -0.25) is 4.79 Å². The van der Waals surface area contributed by atoms with Crippen molar-refractivity contribution in [3.63, 3.8) is 0 Å². The lowest BCUT2D eigenvalue weighted by Gasteiger charge is -2.26. The van der Waals surface area contributed by atoms with Gasteiger partial charge in [-0.15, -0.1) is 0 Å². The Morgan fingerprint density at radius 3 is 2.68 bits per heavy atom. The number of benzene rings is 1. The van der Waals surface area contributed by atoms with Gasteiger partial charge in [-0.1, -0.05) is 32.9 Å².